The molecule has 1 atom stereocenters. The molecule has 7 nitrogen and oxygen atoms in total. The Balaban J connectivity index is 1.81. The molecule has 7 heteroatoms. The van der Waals surface area contributed by atoms with Crippen LogP contribution in [-0.2, 0) is 20.7 Å². The molecular formula is C14H21N3O4. The molecule has 2 rings (SSSR count). The van der Waals surface area contributed by atoms with Crippen LogP contribution in [0.1, 0.15) is 19.0 Å². The highest BCUT2D eigenvalue weighted by atomic mass is 16.5. The van der Waals surface area contributed by atoms with Gasteiger partial charge in [-0.05, 0) is 19.8 Å². The van der Waals surface area contributed by atoms with Gasteiger partial charge in [-0.25, -0.2) is 4.98 Å². The van der Waals surface area contributed by atoms with E-state index >= 15 is 0 Å². The minimum atomic E-state index is -0.155. The number of hydrogen-bond acceptors (Lipinski definition) is 5. The Morgan fingerprint density at radius 2 is 2.48 bits per heavy atom. The summed E-state index contributed by atoms with van der Waals surface area (Å²) in [5.74, 6) is -0.000527. The lowest BCUT2D eigenvalue weighted by Gasteiger charge is -2.33. The van der Waals surface area contributed by atoms with Gasteiger partial charge in [-0.15, -0.1) is 0 Å². The van der Waals surface area contributed by atoms with E-state index < -0.39 is 0 Å². The Kier molecular flexibility index (Phi) is 5.89. The maximum atomic E-state index is 11.9. The van der Waals surface area contributed by atoms with Crippen molar-refractivity contribution in [3.63, 3.8) is 0 Å². The number of ether oxygens (including phenoxy) is 2. The summed E-state index contributed by atoms with van der Waals surface area (Å²) in [6.45, 7) is 4.22. The number of nitrogens with one attached hydrogen (secondary N) is 1. The van der Waals surface area contributed by atoms with Gasteiger partial charge in [0.2, 0.25) is 5.91 Å². The lowest BCUT2D eigenvalue weighted by Crippen LogP contribution is -2.47. The van der Waals surface area contributed by atoms with Gasteiger partial charge in [-0.1, -0.05) is 0 Å². The van der Waals surface area contributed by atoms with Gasteiger partial charge in [-0.2, -0.15) is 0 Å². The van der Waals surface area contributed by atoms with E-state index in [-0.39, 0.29) is 24.2 Å². The van der Waals surface area contributed by atoms with E-state index in [4.69, 9.17) is 9.47 Å². The second kappa shape index (κ2) is 7.90. The summed E-state index contributed by atoms with van der Waals surface area (Å²) >= 11 is 0. The number of aryl methyl sites for hydroxylation is 1. The molecule has 116 valence electrons. The first kappa shape index (κ1) is 15.7. The van der Waals surface area contributed by atoms with Crippen molar-refractivity contribution in [1.29, 1.82) is 0 Å². The minimum Gasteiger partial charge on any atom is -0.375 e. The third-order valence-corrected chi connectivity index (χ3v) is 3.38. The van der Waals surface area contributed by atoms with Gasteiger partial charge in [-0.3, -0.25) is 9.59 Å². The van der Waals surface area contributed by atoms with Crippen molar-refractivity contribution in [2.75, 3.05) is 32.9 Å². The number of rotatable bonds is 6. The molecule has 2 heterocycles. The van der Waals surface area contributed by atoms with E-state index in [9.17, 15) is 9.59 Å². The monoisotopic (exact) mass is 295 g/mol. The molecular weight excluding hydrogens is 274 g/mol. The van der Waals surface area contributed by atoms with Crippen LogP contribution in [0.4, 0.5) is 0 Å². The second-order valence-corrected chi connectivity index (χ2v) is 4.91. The smallest absolute Gasteiger partial charge is 0.250 e. The maximum absolute atomic E-state index is 11.9. The van der Waals surface area contributed by atoms with Gasteiger partial charge in [0.15, 0.2) is 0 Å². The van der Waals surface area contributed by atoms with Crippen LogP contribution in [0.5, 0.6) is 0 Å². The van der Waals surface area contributed by atoms with Crippen LogP contribution < -0.4 is 5.56 Å². The average molecular weight is 295 g/mol. The largest absolute Gasteiger partial charge is 0.375 e. The predicted molar refractivity (Wildman–Crippen MR) is 76.0 cm³/mol. The van der Waals surface area contributed by atoms with Crippen molar-refractivity contribution in [2.45, 2.75) is 25.9 Å². The summed E-state index contributed by atoms with van der Waals surface area (Å²) in [4.78, 5) is 31.5. The molecule has 1 fully saturated rings. The molecule has 0 unspecified atom stereocenters. The van der Waals surface area contributed by atoms with Crippen LogP contribution in [-0.4, -0.2) is 59.8 Å². The van der Waals surface area contributed by atoms with Crippen LogP contribution >= 0.6 is 0 Å². The molecule has 1 amide bonds. The number of carbonyl (C=O) groups is 1. The molecule has 0 bridgehead atoms. The topological polar surface area (TPSA) is 84.5 Å². The van der Waals surface area contributed by atoms with Crippen molar-refractivity contribution in [3.8, 4) is 0 Å². The number of aromatic amines is 1. The molecule has 0 aromatic carbocycles. The molecule has 1 aliphatic heterocycles. The minimum absolute atomic E-state index is 0.000527. The summed E-state index contributed by atoms with van der Waals surface area (Å²) in [5, 5.41) is 0. The number of hydrogen-bond donors (Lipinski definition) is 1. The molecule has 1 saturated heterocycles. The third kappa shape index (κ3) is 4.95. The Morgan fingerprint density at radius 1 is 1.62 bits per heavy atom. The molecule has 0 saturated carbocycles. The highest BCUT2D eigenvalue weighted by Crippen LogP contribution is 2.11. The Hall–Kier alpha value is -1.73. The Morgan fingerprint density at radius 3 is 3.24 bits per heavy atom. The average Bonchev–Trinajstić information content (AvgIpc) is 2.51. The van der Waals surface area contributed by atoms with E-state index in [0.29, 0.717) is 32.7 Å². The van der Waals surface area contributed by atoms with Crippen molar-refractivity contribution in [3.05, 3.63) is 28.4 Å². The van der Waals surface area contributed by atoms with Crippen LogP contribution in [0.3, 0.4) is 0 Å². The van der Waals surface area contributed by atoms with Gasteiger partial charge in [0, 0.05) is 31.5 Å². The Bertz CT molecular complexity index is 517. The summed E-state index contributed by atoms with van der Waals surface area (Å²) in [6.07, 6.45) is 2.76. The predicted octanol–water partition coefficient (Wildman–Crippen LogP) is -0.0336. The number of nitrogens with zero attached hydrogens (tertiary/aromatic N) is 2. The zero-order valence-corrected chi connectivity index (χ0v) is 12.2. The first-order valence-corrected chi connectivity index (χ1v) is 7.19. The second-order valence-electron chi connectivity index (χ2n) is 4.91. The van der Waals surface area contributed by atoms with Gasteiger partial charge < -0.3 is 19.4 Å². The number of aromatic nitrogens is 2. The van der Waals surface area contributed by atoms with E-state index in [1.807, 2.05) is 6.92 Å². The van der Waals surface area contributed by atoms with E-state index in [1.54, 1.807) is 4.90 Å². The highest BCUT2D eigenvalue weighted by Gasteiger charge is 2.24. The lowest BCUT2D eigenvalue weighted by molar-refractivity contribution is -0.143. The SMILES string of the molecule is CCOCC(=O)N1CCO[C@H](CCc2cc(=O)[nH]cn2)C1. The number of morpholine rings is 1. The van der Waals surface area contributed by atoms with Gasteiger partial charge in [0.1, 0.15) is 6.61 Å². The zero-order valence-electron chi connectivity index (χ0n) is 12.2. The molecule has 1 aliphatic rings. The molecule has 21 heavy (non-hydrogen) atoms. The molecule has 1 N–H and O–H groups in total. The first-order valence-electron chi connectivity index (χ1n) is 7.19. The van der Waals surface area contributed by atoms with Crippen LogP contribution in [0.2, 0.25) is 0 Å². The zero-order chi connectivity index (χ0) is 15.1. The van der Waals surface area contributed by atoms with Crippen molar-refractivity contribution in [2.24, 2.45) is 0 Å². The number of H-pyrrole nitrogens is 1. The maximum Gasteiger partial charge on any atom is 0.250 e. The molecule has 1 aromatic rings. The summed E-state index contributed by atoms with van der Waals surface area (Å²) in [6, 6.07) is 1.49. The van der Waals surface area contributed by atoms with Gasteiger partial charge in [0.05, 0.1) is 19.0 Å². The molecule has 0 aliphatic carbocycles. The van der Waals surface area contributed by atoms with Crippen LogP contribution in [0.25, 0.3) is 0 Å². The van der Waals surface area contributed by atoms with Gasteiger partial charge >= 0.3 is 0 Å². The number of carbonyl (C=O) groups excluding carboxylic acids is 1. The standard InChI is InChI=1S/C14H21N3O4/c1-2-20-9-14(19)17-5-6-21-12(8-17)4-3-11-7-13(18)16-10-15-11/h7,10,12H,2-6,8-9H2,1H3,(H,15,16,18)/t12-/m1/s1. The summed E-state index contributed by atoms with van der Waals surface area (Å²) in [7, 11) is 0. The van der Waals surface area contributed by atoms with Crippen molar-refractivity contribution < 1.29 is 14.3 Å². The third-order valence-electron chi connectivity index (χ3n) is 3.38. The lowest BCUT2D eigenvalue weighted by atomic mass is 10.1. The first-order chi connectivity index (χ1) is 10.2. The van der Waals surface area contributed by atoms with E-state index in [0.717, 1.165) is 12.1 Å². The molecule has 0 spiro atoms. The van der Waals surface area contributed by atoms with E-state index in [1.165, 1.54) is 12.4 Å². The van der Waals surface area contributed by atoms with E-state index in [2.05, 4.69) is 9.97 Å². The summed E-state index contributed by atoms with van der Waals surface area (Å²) < 4.78 is 10.8. The van der Waals surface area contributed by atoms with Gasteiger partial charge in [0.25, 0.3) is 5.56 Å². The number of amides is 1. The normalized spacial score (nSPS) is 18.7. The molecule has 0 radical (unpaired) electrons. The quantitative estimate of drug-likeness (QED) is 0.796. The fourth-order valence-electron chi connectivity index (χ4n) is 2.26. The highest BCUT2D eigenvalue weighted by molar-refractivity contribution is 5.77. The Labute approximate surface area is 123 Å². The van der Waals surface area contributed by atoms with Crippen molar-refractivity contribution in [1.82, 2.24) is 14.9 Å². The fraction of sp³-hybridized carbons (Fsp3) is 0.643. The van der Waals surface area contributed by atoms with Crippen molar-refractivity contribution >= 4 is 5.91 Å². The molecule has 1 aromatic heterocycles. The van der Waals surface area contributed by atoms with Crippen LogP contribution in [0.15, 0.2) is 17.2 Å². The van der Waals surface area contributed by atoms with Crippen LogP contribution in [0, 0.1) is 0 Å². The summed E-state index contributed by atoms with van der Waals surface area (Å²) in [5.41, 5.74) is 0.582. The fourth-order valence-corrected chi connectivity index (χ4v) is 2.26.